The van der Waals surface area contributed by atoms with Crippen LogP contribution in [0.3, 0.4) is 0 Å². The Kier molecular flexibility index (Phi) is 4.87. The molecular weight excluding hydrogens is 314 g/mol. The maximum absolute atomic E-state index is 10.0. The number of aryl methyl sites for hydroxylation is 1. The van der Waals surface area contributed by atoms with E-state index in [1.165, 1.54) is 11.8 Å². The molecule has 2 aromatic rings. The van der Waals surface area contributed by atoms with E-state index < -0.39 is 23.7 Å². The van der Waals surface area contributed by atoms with Crippen LogP contribution >= 0.6 is 11.8 Å². The van der Waals surface area contributed by atoms with Crippen molar-refractivity contribution in [1.82, 2.24) is 4.98 Å². The van der Waals surface area contributed by atoms with Crippen molar-refractivity contribution in [2.75, 3.05) is 5.75 Å². The number of thioether (sulfide) groups is 1. The van der Waals surface area contributed by atoms with Gasteiger partial charge in [0.05, 0.1) is 11.8 Å². The fourth-order valence-corrected chi connectivity index (χ4v) is 3.64. The maximum Gasteiger partial charge on any atom is 0.173 e. The summed E-state index contributed by atoms with van der Waals surface area (Å²) in [5.74, 6) is 0.912. The summed E-state index contributed by atoms with van der Waals surface area (Å²) in [5.41, 5.74) is 2.26. The first kappa shape index (κ1) is 16.3. The Morgan fingerprint density at radius 2 is 1.96 bits per heavy atom. The second-order valence-corrected chi connectivity index (χ2v) is 6.70. The van der Waals surface area contributed by atoms with Crippen LogP contribution in [0.2, 0.25) is 0 Å². The smallest absolute Gasteiger partial charge is 0.173 e. The number of aliphatic hydroxyl groups is 3. The molecule has 1 aromatic carbocycles. The summed E-state index contributed by atoms with van der Waals surface area (Å²) in [6.45, 7) is 1.99. The van der Waals surface area contributed by atoms with Crippen LogP contribution in [0, 0.1) is 6.92 Å². The number of hydrogen-bond acceptors (Lipinski definition) is 6. The van der Waals surface area contributed by atoms with Gasteiger partial charge in [-0.3, -0.25) is 4.98 Å². The summed E-state index contributed by atoms with van der Waals surface area (Å²) < 4.78 is 5.80. The molecule has 0 aliphatic carbocycles. The van der Waals surface area contributed by atoms with Crippen LogP contribution in [0.1, 0.15) is 5.56 Å². The normalized spacial score (nSPS) is 27.7. The third-order valence-corrected chi connectivity index (χ3v) is 5.06. The van der Waals surface area contributed by atoms with Crippen LogP contribution in [-0.2, 0) is 0 Å². The largest absolute Gasteiger partial charge is 0.477 e. The van der Waals surface area contributed by atoms with E-state index in [1.807, 2.05) is 37.3 Å². The van der Waals surface area contributed by atoms with Crippen LogP contribution in [0.25, 0.3) is 11.3 Å². The molecule has 4 atom stereocenters. The summed E-state index contributed by atoms with van der Waals surface area (Å²) >= 11 is 1.28. The Morgan fingerprint density at radius 1 is 1.13 bits per heavy atom. The second kappa shape index (κ2) is 6.88. The molecule has 0 spiro atoms. The van der Waals surface area contributed by atoms with E-state index in [4.69, 9.17) is 4.74 Å². The van der Waals surface area contributed by atoms with Crippen molar-refractivity contribution in [3.8, 4) is 17.0 Å². The van der Waals surface area contributed by atoms with E-state index in [0.29, 0.717) is 11.5 Å². The monoisotopic (exact) mass is 333 g/mol. The Hall–Kier alpha value is -1.60. The van der Waals surface area contributed by atoms with E-state index in [-0.39, 0.29) is 0 Å². The molecule has 23 heavy (non-hydrogen) atoms. The molecule has 1 aliphatic rings. The first-order valence-corrected chi connectivity index (χ1v) is 8.45. The Morgan fingerprint density at radius 3 is 2.74 bits per heavy atom. The van der Waals surface area contributed by atoms with Gasteiger partial charge in [0.2, 0.25) is 0 Å². The van der Waals surface area contributed by atoms with E-state index >= 15 is 0 Å². The lowest BCUT2D eigenvalue weighted by atomic mass is 10.1. The molecular formula is C17H19NO4S. The number of benzene rings is 1. The Labute approximate surface area is 139 Å². The van der Waals surface area contributed by atoms with Crippen LogP contribution < -0.4 is 4.74 Å². The molecule has 1 aliphatic heterocycles. The van der Waals surface area contributed by atoms with Gasteiger partial charge in [0.25, 0.3) is 0 Å². The van der Waals surface area contributed by atoms with Crippen LogP contribution in [-0.4, -0.2) is 49.8 Å². The second-order valence-electron chi connectivity index (χ2n) is 5.56. The van der Waals surface area contributed by atoms with Crippen molar-refractivity contribution in [1.29, 1.82) is 0 Å². The van der Waals surface area contributed by atoms with Gasteiger partial charge < -0.3 is 20.1 Å². The molecule has 0 amide bonds. The molecule has 3 rings (SSSR count). The Balaban J connectivity index is 1.80. The molecule has 1 saturated heterocycles. The van der Waals surface area contributed by atoms with E-state index in [1.54, 1.807) is 12.3 Å². The molecule has 6 heteroatoms. The molecule has 3 N–H and O–H groups in total. The zero-order valence-corrected chi connectivity index (χ0v) is 13.5. The average Bonchev–Trinajstić information content (AvgIpc) is 2.56. The summed E-state index contributed by atoms with van der Waals surface area (Å²) in [5, 5.41) is 29.4. The van der Waals surface area contributed by atoms with Gasteiger partial charge in [-0.05, 0) is 30.7 Å². The third kappa shape index (κ3) is 3.50. The number of rotatable bonds is 3. The van der Waals surface area contributed by atoms with Gasteiger partial charge in [-0.15, -0.1) is 11.8 Å². The number of aromatic nitrogens is 1. The van der Waals surface area contributed by atoms with Crippen molar-refractivity contribution in [3.05, 3.63) is 48.2 Å². The quantitative estimate of drug-likeness (QED) is 0.791. The molecule has 122 valence electrons. The van der Waals surface area contributed by atoms with E-state index in [0.717, 1.165) is 16.8 Å². The molecule has 0 unspecified atom stereocenters. The highest BCUT2D eigenvalue weighted by Gasteiger charge is 2.38. The number of ether oxygens (including phenoxy) is 1. The van der Waals surface area contributed by atoms with Crippen LogP contribution in [0.15, 0.2) is 42.6 Å². The lowest BCUT2D eigenvalue weighted by molar-refractivity contribution is -0.0786. The van der Waals surface area contributed by atoms with E-state index in [9.17, 15) is 15.3 Å². The SMILES string of the molecule is Cc1cccnc1-c1cccc(O[C@H]2SC[C@@H](O)[C@H](O)[C@H]2O)c1. The zero-order valence-electron chi connectivity index (χ0n) is 12.7. The van der Waals surface area contributed by atoms with Crippen molar-refractivity contribution < 1.29 is 20.1 Å². The fraction of sp³-hybridized carbons (Fsp3) is 0.353. The van der Waals surface area contributed by atoms with Gasteiger partial charge in [0, 0.05) is 17.5 Å². The molecule has 0 bridgehead atoms. The summed E-state index contributed by atoms with van der Waals surface area (Å²) in [6.07, 6.45) is -1.52. The number of nitrogens with zero attached hydrogens (tertiary/aromatic N) is 1. The molecule has 1 aromatic heterocycles. The minimum Gasteiger partial charge on any atom is -0.477 e. The summed E-state index contributed by atoms with van der Waals surface area (Å²) in [7, 11) is 0. The molecule has 0 saturated carbocycles. The minimum atomic E-state index is -1.19. The zero-order chi connectivity index (χ0) is 16.4. The fourth-order valence-electron chi connectivity index (χ4n) is 2.52. The minimum absolute atomic E-state index is 0.321. The van der Waals surface area contributed by atoms with E-state index in [2.05, 4.69) is 4.98 Å². The highest BCUT2D eigenvalue weighted by atomic mass is 32.2. The van der Waals surface area contributed by atoms with Gasteiger partial charge >= 0.3 is 0 Å². The number of hydrogen-bond donors (Lipinski definition) is 3. The van der Waals surface area contributed by atoms with Crippen molar-refractivity contribution in [2.45, 2.75) is 30.7 Å². The number of pyridine rings is 1. The molecule has 0 radical (unpaired) electrons. The van der Waals surface area contributed by atoms with Crippen LogP contribution in [0.5, 0.6) is 5.75 Å². The summed E-state index contributed by atoms with van der Waals surface area (Å²) in [6, 6.07) is 11.4. The molecule has 2 heterocycles. The van der Waals surface area contributed by atoms with Crippen molar-refractivity contribution >= 4 is 11.8 Å². The molecule has 1 fully saturated rings. The predicted molar refractivity (Wildman–Crippen MR) is 89.3 cm³/mol. The van der Waals surface area contributed by atoms with Gasteiger partial charge in [-0.25, -0.2) is 0 Å². The standard InChI is InChI=1S/C17H19NO4S/c1-10-4-3-7-18-14(10)11-5-2-6-12(8-11)22-17-16(21)15(20)13(19)9-23-17/h2-8,13,15-17,19-21H,9H2,1H3/t13-,15+,16-,17+/m1/s1. The predicted octanol–water partition coefficient (Wildman–Crippen LogP) is 1.59. The topological polar surface area (TPSA) is 82.8 Å². The highest BCUT2D eigenvalue weighted by Crippen LogP contribution is 2.31. The average molecular weight is 333 g/mol. The van der Waals surface area contributed by atoms with Gasteiger partial charge in [-0.1, -0.05) is 18.2 Å². The molecule has 5 nitrogen and oxygen atoms in total. The first-order chi connectivity index (χ1) is 11.1. The number of aliphatic hydroxyl groups excluding tert-OH is 3. The third-order valence-electron chi connectivity index (χ3n) is 3.82. The maximum atomic E-state index is 10.0. The van der Waals surface area contributed by atoms with Crippen molar-refractivity contribution in [3.63, 3.8) is 0 Å². The van der Waals surface area contributed by atoms with Crippen LogP contribution in [0.4, 0.5) is 0 Å². The lowest BCUT2D eigenvalue weighted by Gasteiger charge is -2.34. The van der Waals surface area contributed by atoms with Crippen molar-refractivity contribution in [2.24, 2.45) is 0 Å². The summed E-state index contributed by atoms with van der Waals surface area (Å²) in [4.78, 5) is 4.39. The van der Waals surface area contributed by atoms with Gasteiger partial charge in [0.1, 0.15) is 18.0 Å². The first-order valence-electron chi connectivity index (χ1n) is 7.41. The highest BCUT2D eigenvalue weighted by molar-refractivity contribution is 7.99. The van der Waals surface area contributed by atoms with Gasteiger partial charge in [-0.2, -0.15) is 0 Å². The van der Waals surface area contributed by atoms with Gasteiger partial charge in [0.15, 0.2) is 5.44 Å². The lowest BCUT2D eigenvalue weighted by Crippen LogP contribution is -2.50. The Bertz CT molecular complexity index is 681.